The second-order valence-electron chi connectivity index (χ2n) is 11.2. The third kappa shape index (κ3) is 26.5. The molecule has 0 radical (unpaired) electrons. The van der Waals surface area contributed by atoms with Crippen LogP contribution in [0.5, 0.6) is 0 Å². The Balaban J connectivity index is 3.62. The van der Waals surface area contributed by atoms with Crippen molar-refractivity contribution in [3.63, 3.8) is 0 Å². The van der Waals surface area contributed by atoms with Gasteiger partial charge in [-0.15, -0.1) is 0 Å². The number of aliphatic hydroxyl groups is 2. The van der Waals surface area contributed by atoms with Crippen LogP contribution in [0.3, 0.4) is 0 Å². The Kier molecular flexibility index (Phi) is 29.0. The third-order valence-electron chi connectivity index (χ3n) is 7.53. The largest absolute Gasteiger partial charge is 0.394 e. The van der Waals surface area contributed by atoms with Gasteiger partial charge in [-0.25, -0.2) is 0 Å². The van der Waals surface area contributed by atoms with E-state index in [1.807, 2.05) is 0 Å². The minimum Gasteiger partial charge on any atom is -0.394 e. The number of carbonyl (C=O) groups excluding carboxylic acids is 1. The summed E-state index contributed by atoms with van der Waals surface area (Å²) in [6.45, 7) is 4.31. The first-order valence-corrected chi connectivity index (χ1v) is 16.4. The van der Waals surface area contributed by atoms with Crippen LogP contribution in [-0.2, 0) is 4.79 Å². The zero-order chi connectivity index (χ0) is 27.2. The minimum absolute atomic E-state index is 0.0444. The quantitative estimate of drug-likeness (QED) is 0.0676. The predicted molar refractivity (Wildman–Crippen MR) is 161 cm³/mol. The first kappa shape index (κ1) is 36.1. The number of rotatable bonds is 29. The summed E-state index contributed by atoms with van der Waals surface area (Å²) in [5.74, 6) is -0.0444. The van der Waals surface area contributed by atoms with E-state index in [1.165, 1.54) is 116 Å². The first-order valence-electron chi connectivity index (χ1n) is 16.4. The molecule has 0 aliphatic carbocycles. The fourth-order valence-electron chi connectivity index (χ4n) is 4.94. The number of amides is 1. The number of nitrogens with one attached hydrogen (secondary N) is 1. The van der Waals surface area contributed by atoms with E-state index in [2.05, 4.69) is 31.3 Å². The molecule has 220 valence electrons. The Morgan fingerprint density at radius 2 is 1.03 bits per heavy atom. The van der Waals surface area contributed by atoms with Crippen LogP contribution >= 0.6 is 0 Å². The van der Waals surface area contributed by atoms with E-state index in [9.17, 15) is 15.0 Å². The maximum absolute atomic E-state index is 12.2. The van der Waals surface area contributed by atoms with E-state index in [4.69, 9.17) is 0 Å². The molecule has 0 saturated carbocycles. The number of allylic oxidation sites excluding steroid dienone is 2. The molecule has 3 N–H and O–H groups in total. The van der Waals surface area contributed by atoms with Gasteiger partial charge in [-0.05, 0) is 38.5 Å². The fourth-order valence-corrected chi connectivity index (χ4v) is 4.94. The van der Waals surface area contributed by atoms with Gasteiger partial charge in [0.05, 0.1) is 18.8 Å². The molecule has 0 unspecified atom stereocenters. The molecule has 0 rings (SSSR count). The summed E-state index contributed by atoms with van der Waals surface area (Å²) in [6.07, 6.45) is 34.0. The highest BCUT2D eigenvalue weighted by Gasteiger charge is 2.19. The van der Waals surface area contributed by atoms with E-state index in [0.717, 1.165) is 32.1 Å². The van der Waals surface area contributed by atoms with Crippen LogP contribution in [0.15, 0.2) is 12.2 Å². The van der Waals surface area contributed by atoms with Gasteiger partial charge in [0.2, 0.25) is 5.91 Å². The highest BCUT2D eigenvalue weighted by Crippen LogP contribution is 2.13. The van der Waals surface area contributed by atoms with E-state index in [1.54, 1.807) is 0 Å². The zero-order valence-corrected chi connectivity index (χ0v) is 25.0. The Hall–Kier alpha value is -0.870. The number of carbonyl (C=O) groups is 1. The number of aliphatic hydroxyl groups excluding tert-OH is 2. The van der Waals surface area contributed by atoms with Crippen molar-refractivity contribution in [2.45, 2.75) is 187 Å². The maximum atomic E-state index is 12.2. The molecular formula is C33H65NO3. The summed E-state index contributed by atoms with van der Waals surface area (Å²) >= 11 is 0. The average molecular weight is 524 g/mol. The lowest BCUT2D eigenvalue weighted by atomic mass is 10.0. The first-order chi connectivity index (χ1) is 18.2. The van der Waals surface area contributed by atoms with Crippen molar-refractivity contribution >= 4 is 5.91 Å². The molecule has 0 aromatic rings. The van der Waals surface area contributed by atoms with Crippen molar-refractivity contribution < 1.29 is 15.0 Å². The Morgan fingerprint density at radius 3 is 1.49 bits per heavy atom. The second kappa shape index (κ2) is 29.7. The average Bonchev–Trinajstić information content (AvgIpc) is 2.90. The Morgan fingerprint density at radius 1 is 0.622 bits per heavy atom. The smallest absolute Gasteiger partial charge is 0.220 e. The van der Waals surface area contributed by atoms with Crippen molar-refractivity contribution in [2.24, 2.45) is 0 Å². The molecule has 0 aromatic carbocycles. The van der Waals surface area contributed by atoms with Crippen molar-refractivity contribution in [1.29, 1.82) is 0 Å². The van der Waals surface area contributed by atoms with Gasteiger partial charge < -0.3 is 15.5 Å². The molecule has 0 aliphatic rings. The fraction of sp³-hybridized carbons (Fsp3) is 0.909. The molecule has 1 amide bonds. The van der Waals surface area contributed by atoms with Gasteiger partial charge in [0.1, 0.15) is 0 Å². The summed E-state index contributed by atoms with van der Waals surface area (Å²) in [5.41, 5.74) is 0. The molecule has 37 heavy (non-hydrogen) atoms. The second-order valence-corrected chi connectivity index (χ2v) is 11.2. The number of hydrogen-bond acceptors (Lipinski definition) is 3. The lowest BCUT2D eigenvalue weighted by Gasteiger charge is -2.22. The van der Waals surface area contributed by atoms with Gasteiger partial charge >= 0.3 is 0 Å². The van der Waals surface area contributed by atoms with Crippen LogP contribution < -0.4 is 5.32 Å². The molecule has 0 aromatic heterocycles. The summed E-state index contributed by atoms with van der Waals surface area (Å²) in [5, 5.41) is 22.9. The number of unbranched alkanes of at least 4 members (excludes halogenated alkanes) is 20. The third-order valence-corrected chi connectivity index (χ3v) is 7.53. The Labute approximate surface area is 231 Å². The molecular weight excluding hydrogens is 458 g/mol. The monoisotopic (exact) mass is 523 g/mol. The topological polar surface area (TPSA) is 69.6 Å². The van der Waals surface area contributed by atoms with Crippen LogP contribution in [0.4, 0.5) is 0 Å². The molecule has 0 bridgehead atoms. The highest BCUT2D eigenvalue weighted by atomic mass is 16.3. The van der Waals surface area contributed by atoms with Gasteiger partial charge in [0, 0.05) is 6.42 Å². The normalized spacial score (nSPS) is 13.3. The zero-order valence-electron chi connectivity index (χ0n) is 25.0. The van der Waals surface area contributed by atoms with Crippen molar-refractivity contribution in [1.82, 2.24) is 5.32 Å². The van der Waals surface area contributed by atoms with Crippen molar-refractivity contribution in [3.8, 4) is 0 Å². The standard InChI is InChI=1S/C33H65NO3/c1-3-5-7-9-11-13-15-16-17-18-19-20-22-24-26-28-32(36)31(30-35)34-33(37)29-27-25-23-21-14-12-10-8-6-4-2/h19-20,31-32,35-36H,3-18,21-30H2,1-2H3,(H,34,37)/b20-19+/t31-,32+/m0/s1. The van der Waals surface area contributed by atoms with Gasteiger partial charge in [-0.1, -0.05) is 142 Å². The van der Waals surface area contributed by atoms with Crippen molar-refractivity contribution in [3.05, 3.63) is 12.2 Å². The molecule has 4 nitrogen and oxygen atoms in total. The molecule has 0 aliphatic heterocycles. The van der Waals surface area contributed by atoms with Crippen LogP contribution in [0.1, 0.15) is 174 Å². The van der Waals surface area contributed by atoms with E-state index < -0.39 is 12.1 Å². The maximum Gasteiger partial charge on any atom is 0.220 e. The van der Waals surface area contributed by atoms with Crippen LogP contribution in [0.25, 0.3) is 0 Å². The molecule has 0 saturated heterocycles. The molecule has 0 fully saturated rings. The van der Waals surface area contributed by atoms with E-state index in [0.29, 0.717) is 12.8 Å². The summed E-state index contributed by atoms with van der Waals surface area (Å²) < 4.78 is 0. The predicted octanol–water partition coefficient (Wildman–Crippen LogP) is 9.17. The van der Waals surface area contributed by atoms with Crippen LogP contribution in [-0.4, -0.2) is 34.9 Å². The molecule has 4 heteroatoms. The summed E-state index contributed by atoms with van der Waals surface area (Å²) in [6, 6.07) is -0.544. The summed E-state index contributed by atoms with van der Waals surface area (Å²) in [4.78, 5) is 12.2. The van der Waals surface area contributed by atoms with Gasteiger partial charge in [-0.2, -0.15) is 0 Å². The van der Waals surface area contributed by atoms with Crippen molar-refractivity contribution in [2.75, 3.05) is 6.61 Å². The van der Waals surface area contributed by atoms with Gasteiger partial charge in [0.15, 0.2) is 0 Å². The molecule has 2 atom stereocenters. The van der Waals surface area contributed by atoms with Crippen LogP contribution in [0.2, 0.25) is 0 Å². The Bertz CT molecular complexity index is 494. The van der Waals surface area contributed by atoms with E-state index in [-0.39, 0.29) is 12.5 Å². The molecule has 0 heterocycles. The number of hydrogen-bond donors (Lipinski definition) is 3. The van der Waals surface area contributed by atoms with Gasteiger partial charge in [-0.3, -0.25) is 4.79 Å². The lowest BCUT2D eigenvalue weighted by Crippen LogP contribution is -2.45. The summed E-state index contributed by atoms with van der Waals surface area (Å²) in [7, 11) is 0. The van der Waals surface area contributed by atoms with Crippen LogP contribution in [0, 0.1) is 0 Å². The minimum atomic E-state index is -0.674. The lowest BCUT2D eigenvalue weighted by molar-refractivity contribution is -0.123. The highest BCUT2D eigenvalue weighted by molar-refractivity contribution is 5.76. The molecule has 0 spiro atoms. The van der Waals surface area contributed by atoms with E-state index >= 15 is 0 Å². The van der Waals surface area contributed by atoms with Gasteiger partial charge in [0.25, 0.3) is 0 Å². The SMILES string of the molecule is CCCCCCCCCCC/C=C/CCCC[C@@H](O)[C@H](CO)NC(=O)CCCCCCCCCCCC.